The van der Waals surface area contributed by atoms with Gasteiger partial charge in [-0.15, -0.1) is 11.3 Å². The molecule has 0 bridgehead atoms. The number of esters is 1. The number of amides is 1. The van der Waals surface area contributed by atoms with E-state index in [-0.39, 0.29) is 23.2 Å². The van der Waals surface area contributed by atoms with Crippen LogP contribution in [0.15, 0.2) is 0 Å². The minimum absolute atomic E-state index is 0.00603. The summed E-state index contributed by atoms with van der Waals surface area (Å²) in [7, 11) is 0. The molecular formula is C21H33NO3S. The number of carbonyl (C=O) groups is 2. The molecule has 1 aliphatic rings. The van der Waals surface area contributed by atoms with Crippen LogP contribution in [0.25, 0.3) is 0 Å². The summed E-state index contributed by atoms with van der Waals surface area (Å²) in [5, 5.41) is 3.72. The smallest absolute Gasteiger partial charge is 0.341 e. The molecule has 1 aromatic rings. The van der Waals surface area contributed by atoms with Gasteiger partial charge in [0.1, 0.15) is 5.00 Å². The van der Waals surface area contributed by atoms with Crippen LogP contribution < -0.4 is 5.32 Å². The molecule has 0 aliphatic heterocycles. The van der Waals surface area contributed by atoms with E-state index in [0.29, 0.717) is 23.1 Å². The van der Waals surface area contributed by atoms with E-state index < -0.39 is 0 Å². The Kier molecular flexibility index (Phi) is 6.89. The topological polar surface area (TPSA) is 55.4 Å². The Morgan fingerprint density at radius 3 is 2.42 bits per heavy atom. The van der Waals surface area contributed by atoms with E-state index in [1.165, 1.54) is 4.88 Å². The first-order valence-corrected chi connectivity index (χ1v) is 10.7. The number of fused-ring (bicyclic) bond motifs is 1. The predicted octanol–water partition coefficient (Wildman–Crippen LogP) is 5.45. The lowest BCUT2D eigenvalue weighted by Crippen LogP contribution is -2.26. The maximum Gasteiger partial charge on any atom is 0.341 e. The highest BCUT2D eigenvalue weighted by atomic mass is 32.1. The second-order valence-electron chi connectivity index (χ2n) is 8.24. The number of thiophene rings is 1. The van der Waals surface area contributed by atoms with Crippen molar-refractivity contribution in [3.8, 4) is 0 Å². The zero-order chi connectivity index (χ0) is 19.5. The van der Waals surface area contributed by atoms with E-state index in [4.69, 9.17) is 4.74 Å². The average molecular weight is 380 g/mol. The molecule has 1 aromatic heterocycles. The second kappa shape index (κ2) is 8.55. The van der Waals surface area contributed by atoms with Gasteiger partial charge in [0.2, 0.25) is 5.91 Å². The van der Waals surface area contributed by atoms with Gasteiger partial charge in [-0.25, -0.2) is 4.79 Å². The van der Waals surface area contributed by atoms with Gasteiger partial charge in [0.25, 0.3) is 0 Å². The van der Waals surface area contributed by atoms with Crippen molar-refractivity contribution in [2.24, 2.45) is 17.3 Å². The lowest BCUT2D eigenvalue weighted by molar-refractivity contribution is -0.120. The number of ether oxygens (including phenoxy) is 1. The second-order valence-corrected chi connectivity index (χ2v) is 9.34. The molecule has 1 heterocycles. The molecule has 1 aliphatic carbocycles. The standard InChI is InChI=1S/C21H33NO3S/c1-7-13(8-2)18(23)22-19-17(20(24)25-9-3)15-11-10-14(21(4,5)6)12-16(15)26-19/h13-14H,7-12H2,1-6H3,(H,22,23)/t14-/m1/s1. The molecular weight excluding hydrogens is 346 g/mol. The molecule has 2 rings (SSSR count). The highest BCUT2D eigenvalue weighted by Gasteiger charge is 2.34. The summed E-state index contributed by atoms with van der Waals surface area (Å²) in [6.07, 6.45) is 4.52. The molecule has 5 heteroatoms. The van der Waals surface area contributed by atoms with Crippen molar-refractivity contribution < 1.29 is 14.3 Å². The summed E-state index contributed by atoms with van der Waals surface area (Å²) in [6.45, 7) is 13.0. The summed E-state index contributed by atoms with van der Waals surface area (Å²) in [4.78, 5) is 26.4. The van der Waals surface area contributed by atoms with Crippen molar-refractivity contribution in [2.45, 2.75) is 73.6 Å². The monoisotopic (exact) mass is 379 g/mol. The Hall–Kier alpha value is -1.36. The number of rotatable bonds is 6. The quantitative estimate of drug-likeness (QED) is 0.669. The summed E-state index contributed by atoms with van der Waals surface area (Å²) >= 11 is 1.57. The molecule has 4 nitrogen and oxygen atoms in total. The third-order valence-electron chi connectivity index (χ3n) is 5.56. The molecule has 0 unspecified atom stereocenters. The van der Waals surface area contributed by atoms with Crippen molar-refractivity contribution >= 4 is 28.2 Å². The predicted molar refractivity (Wildman–Crippen MR) is 108 cm³/mol. The third kappa shape index (κ3) is 4.48. The maximum atomic E-state index is 12.6. The lowest BCUT2D eigenvalue weighted by Gasteiger charge is -2.33. The first-order valence-electron chi connectivity index (χ1n) is 9.85. The number of carbonyl (C=O) groups excluding carboxylic acids is 2. The molecule has 0 aromatic carbocycles. The fraction of sp³-hybridized carbons (Fsp3) is 0.714. The molecule has 1 atom stereocenters. The van der Waals surface area contributed by atoms with Crippen molar-refractivity contribution in [1.29, 1.82) is 0 Å². The molecule has 0 saturated carbocycles. The fourth-order valence-corrected chi connectivity index (χ4v) is 5.02. The van der Waals surface area contributed by atoms with Gasteiger partial charge < -0.3 is 10.1 Å². The molecule has 0 radical (unpaired) electrons. The average Bonchev–Trinajstić information content (AvgIpc) is 2.92. The van der Waals surface area contributed by atoms with E-state index >= 15 is 0 Å². The van der Waals surface area contributed by atoms with Gasteiger partial charge in [-0.05, 0) is 55.9 Å². The molecule has 0 spiro atoms. The number of hydrogen-bond donors (Lipinski definition) is 1. The SMILES string of the molecule is CCOC(=O)c1c(NC(=O)C(CC)CC)sc2c1CC[C@@H](C(C)(C)C)C2. The van der Waals surface area contributed by atoms with Crippen LogP contribution in [0.4, 0.5) is 5.00 Å². The van der Waals surface area contributed by atoms with Gasteiger partial charge in [0, 0.05) is 10.8 Å². The van der Waals surface area contributed by atoms with Crippen LogP contribution in [-0.4, -0.2) is 18.5 Å². The Bertz CT molecular complexity index is 653. The first-order chi connectivity index (χ1) is 12.2. The molecule has 0 saturated heterocycles. The number of anilines is 1. The van der Waals surface area contributed by atoms with E-state index in [2.05, 4.69) is 26.1 Å². The van der Waals surface area contributed by atoms with Gasteiger partial charge in [0.05, 0.1) is 12.2 Å². The Balaban J connectivity index is 2.37. The molecule has 0 fully saturated rings. The Morgan fingerprint density at radius 1 is 1.23 bits per heavy atom. The fourth-order valence-electron chi connectivity index (χ4n) is 3.71. The number of hydrogen-bond acceptors (Lipinski definition) is 4. The largest absolute Gasteiger partial charge is 0.462 e. The van der Waals surface area contributed by atoms with Crippen LogP contribution in [0, 0.1) is 17.3 Å². The summed E-state index contributed by atoms with van der Waals surface area (Å²) in [6, 6.07) is 0. The zero-order valence-electron chi connectivity index (χ0n) is 17.0. The van der Waals surface area contributed by atoms with Crippen LogP contribution in [0.5, 0.6) is 0 Å². The van der Waals surface area contributed by atoms with Gasteiger partial charge in [-0.3, -0.25) is 4.79 Å². The normalized spacial score (nSPS) is 17.1. The highest BCUT2D eigenvalue weighted by molar-refractivity contribution is 7.17. The van der Waals surface area contributed by atoms with Crippen molar-refractivity contribution in [3.05, 3.63) is 16.0 Å². The zero-order valence-corrected chi connectivity index (χ0v) is 17.8. The first kappa shape index (κ1) is 20.9. The van der Waals surface area contributed by atoms with Crippen molar-refractivity contribution in [2.75, 3.05) is 11.9 Å². The minimum Gasteiger partial charge on any atom is -0.462 e. The van der Waals surface area contributed by atoms with E-state index in [1.54, 1.807) is 11.3 Å². The van der Waals surface area contributed by atoms with Gasteiger partial charge in [-0.2, -0.15) is 0 Å². The summed E-state index contributed by atoms with van der Waals surface area (Å²) in [5.74, 6) is 0.267. The minimum atomic E-state index is -0.306. The molecule has 26 heavy (non-hydrogen) atoms. The Labute approximate surface area is 161 Å². The molecule has 1 N–H and O–H groups in total. The highest BCUT2D eigenvalue weighted by Crippen LogP contribution is 2.44. The van der Waals surface area contributed by atoms with E-state index in [0.717, 1.165) is 37.7 Å². The van der Waals surface area contributed by atoms with E-state index in [9.17, 15) is 9.59 Å². The molecule has 146 valence electrons. The Morgan fingerprint density at radius 2 is 1.88 bits per heavy atom. The van der Waals surface area contributed by atoms with Crippen LogP contribution in [0.1, 0.15) is 81.6 Å². The lowest BCUT2D eigenvalue weighted by atomic mass is 9.72. The van der Waals surface area contributed by atoms with Gasteiger partial charge in [0.15, 0.2) is 0 Å². The van der Waals surface area contributed by atoms with Crippen LogP contribution in [-0.2, 0) is 22.4 Å². The van der Waals surface area contributed by atoms with Crippen LogP contribution in [0.2, 0.25) is 0 Å². The van der Waals surface area contributed by atoms with Crippen molar-refractivity contribution in [3.63, 3.8) is 0 Å². The molecule has 1 amide bonds. The number of nitrogens with one attached hydrogen (secondary N) is 1. The van der Waals surface area contributed by atoms with Gasteiger partial charge >= 0.3 is 5.97 Å². The summed E-state index contributed by atoms with van der Waals surface area (Å²) < 4.78 is 5.30. The van der Waals surface area contributed by atoms with E-state index in [1.807, 2.05) is 20.8 Å². The van der Waals surface area contributed by atoms with Crippen LogP contribution >= 0.6 is 11.3 Å². The van der Waals surface area contributed by atoms with Crippen molar-refractivity contribution in [1.82, 2.24) is 0 Å². The van der Waals surface area contributed by atoms with Crippen LogP contribution in [0.3, 0.4) is 0 Å². The maximum absolute atomic E-state index is 12.6. The van der Waals surface area contributed by atoms with Gasteiger partial charge in [-0.1, -0.05) is 34.6 Å². The third-order valence-corrected chi connectivity index (χ3v) is 6.73. The summed E-state index contributed by atoms with van der Waals surface area (Å²) in [5.41, 5.74) is 1.93.